The standard InChI is InChI=1S/C15H10FNO3/c1-9-2-7-12-13(8-9)20-15(19)17(14(12)18)11-5-3-10(16)4-6-11/h2-8H,1H3. The summed E-state index contributed by atoms with van der Waals surface area (Å²) >= 11 is 0. The molecule has 0 aliphatic carbocycles. The zero-order valence-corrected chi connectivity index (χ0v) is 10.6. The molecule has 0 N–H and O–H groups in total. The number of halogens is 1. The lowest BCUT2D eigenvalue weighted by molar-refractivity contribution is 0.503. The molecule has 5 heteroatoms. The summed E-state index contributed by atoms with van der Waals surface area (Å²) in [4.78, 5) is 24.3. The number of aryl methyl sites for hydroxylation is 1. The maximum atomic E-state index is 12.9. The Morgan fingerprint density at radius 2 is 1.75 bits per heavy atom. The molecule has 20 heavy (non-hydrogen) atoms. The molecule has 0 spiro atoms. The molecule has 3 aromatic rings. The van der Waals surface area contributed by atoms with Gasteiger partial charge in [0.25, 0.3) is 5.56 Å². The average Bonchev–Trinajstić information content (AvgIpc) is 2.40. The highest BCUT2D eigenvalue weighted by molar-refractivity contribution is 5.76. The number of nitrogens with zero attached hydrogens (tertiary/aromatic N) is 1. The molecule has 0 radical (unpaired) electrons. The van der Waals surface area contributed by atoms with E-state index in [0.717, 1.165) is 10.1 Å². The molecule has 0 atom stereocenters. The van der Waals surface area contributed by atoms with Gasteiger partial charge in [0.2, 0.25) is 0 Å². The highest BCUT2D eigenvalue weighted by atomic mass is 19.1. The molecule has 0 bridgehead atoms. The summed E-state index contributed by atoms with van der Waals surface area (Å²) in [5.41, 5.74) is 0.924. The maximum Gasteiger partial charge on any atom is 0.426 e. The third-order valence-electron chi connectivity index (χ3n) is 3.04. The van der Waals surface area contributed by atoms with Crippen LogP contribution in [-0.2, 0) is 0 Å². The van der Waals surface area contributed by atoms with Gasteiger partial charge in [0.15, 0.2) is 0 Å². The predicted molar refractivity (Wildman–Crippen MR) is 72.8 cm³/mol. The van der Waals surface area contributed by atoms with Crippen molar-refractivity contribution in [3.05, 3.63) is 74.7 Å². The summed E-state index contributed by atoms with van der Waals surface area (Å²) in [6.07, 6.45) is 0. The van der Waals surface area contributed by atoms with E-state index in [4.69, 9.17) is 4.42 Å². The first-order valence-electron chi connectivity index (χ1n) is 5.99. The van der Waals surface area contributed by atoms with Crippen molar-refractivity contribution in [1.82, 2.24) is 4.57 Å². The van der Waals surface area contributed by atoms with E-state index >= 15 is 0 Å². The summed E-state index contributed by atoms with van der Waals surface area (Å²) in [6.45, 7) is 1.84. The van der Waals surface area contributed by atoms with Crippen LogP contribution in [0.2, 0.25) is 0 Å². The van der Waals surface area contributed by atoms with Crippen LogP contribution in [0.4, 0.5) is 4.39 Å². The van der Waals surface area contributed by atoms with Gasteiger partial charge in [-0.15, -0.1) is 0 Å². The monoisotopic (exact) mass is 271 g/mol. The molecule has 3 rings (SSSR count). The third kappa shape index (κ3) is 1.93. The van der Waals surface area contributed by atoms with E-state index in [1.54, 1.807) is 18.2 Å². The van der Waals surface area contributed by atoms with Crippen LogP contribution in [0.5, 0.6) is 0 Å². The molecular weight excluding hydrogens is 261 g/mol. The third-order valence-corrected chi connectivity index (χ3v) is 3.04. The van der Waals surface area contributed by atoms with Crippen molar-refractivity contribution in [1.29, 1.82) is 0 Å². The molecule has 0 unspecified atom stereocenters. The van der Waals surface area contributed by atoms with Crippen molar-refractivity contribution in [3.63, 3.8) is 0 Å². The van der Waals surface area contributed by atoms with Crippen molar-refractivity contribution in [2.45, 2.75) is 6.92 Å². The van der Waals surface area contributed by atoms with Crippen LogP contribution in [0.25, 0.3) is 16.7 Å². The Kier molecular flexibility index (Phi) is 2.75. The first-order chi connectivity index (χ1) is 9.56. The van der Waals surface area contributed by atoms with Gasteiger partial charge in [0, 0.05) is 0 Å². The fraction of sp³-hybridized carbons (Fsp3) is 0.0667. The Balaban J connectivity index is 2.37. The molecule has 1 heterocycles. The lowest BCUT2D eigenvalue weighted by Gasteiger charge is -2.05. The van der Waals surface area contributed by atoms with Gasteiger partial charge in [-0.2, -0.15) is 0 Å². The molecule has 0 saturated heterocycles. The van der Waals surface area contributed by atoms with Crippen LogP contribution in [0, 0.1) is 12.7 Å². The fourth-order valence-electron chi connectivity index (χ4n) is 2.05. The molecule has 0 saturated carbocycles. The zero-order chi connectivity index (χ0) is 14.3. The van der Waals surface area contributed by atoms with Gasteiger partial charge in [-0.05, 0) is 48.9 Å². The lowest BCUT2D eigenvalue weighted by atomic mass is 10.2. The van der Waals surface area contributed by atoms with E-state index in [-0.39, 0.29) is 11.3 Å². The molecule has 0 aliphatic rings. The summed E-state index contributed by atoms with van der Waals surface area (Å²) < 4.78 is 19.0. The zero-order valence-electron chi connectivity index (χ0n) is 10.6. The SMILES string of the molecule is Cc1ccc2c(=O)n(-c3ccc(F)cc3)c(=O)oc2c1. The summed E-state index contributed by atoms with van der Waals surface area (Å²) in [5.74, 6) is -1.23. The van der Waals surface area contributed by atoms with Gasteiger partial charge >= 0.3 is 5.76 Å². The van der Waals surface area contributed by atoms with Crippen LogP contribution >= 0.6 is 0 Å². The first-order valence-corrected chi connectivity index (χ1v) is 5.99. The second-order valence-electron chi connectivity index (χ2n) is 4.48. The Labute approximate surface area is 112 Å². The number of rotatable bonds is 1. The normalized spacial score (nSPS) is 10.9. The molecule has 0 fully saturated rings. The second kappa shape index (κ2) is 4.45. The van der Waals surface area contributed by atoms with Gasteiger partial charge < -0.3 is 4.42 Å². The number of hydrogen-bond acceptors (Lipinski definition) is 3. The molecule has 4 nitrogen and oxygen atoms in total. The Hall–Kier alpha value is -2.69. The largest absolute Gasteiger partial charge is 0.426 e. The molecule has 0 aliphatic heterocycles. The maximum absolute atomic E-state index is 12.9. The van der Waals surface area contributed by atoms with Crippen LogP contribution in [0.15, 0.2) is 56.5 Å². The van der Waals surface area contributed by atoms with E-state index in [1.807, 2.05) is 6.92 Å². The topological polar surface area (TPSA) is 52.2 Å². The highest BCUT2D eigenvalue weighted by Crippen LogP contribution is 2.12. The van der Waals surface area contributed by atoms with Crippen molar-refractivity contribution < 1.29 is 8.81 Å². The van der Waals surface area contributed by atoms with E-state index < -0.39 is 17.1 Å². The van der Waals surface area contributed by atoms with E-state index in [0.29, 0.717) is 5.39 Å². The molecule has 2 aromatic carbocycles. The van der Waals surface area contributed by atoms with Crippen molar-refractivity contribution >= 4 is 11.0 Å². The predicted octanol–water partition coefficient (Wildman–Crippen LogP) is 2.39. The smallest absolute Gasteiger partial charge is 0.409 e. The van der Waals surface area contributed by atoms with Crippen molar-refractivity contribution in [2.24, 2.45) is 0 Å². The van der Waals surface area contributed by atoms with Crippen LogP contribution in [0.1, 0.15) is 5.56 Å². The highest BCUT2D eigenvalue weighted by Gasteiger charge is 2.11. The van der Waals surface area contributed by atoms with Crippen molar-refractivity contribution in [3.8, 4) is 5.69 Å². The van der Waals surface area contributed by atoms with Crippen molar-refractivity contribution in [2.75, 3.05) is 0 Å². The van der Waals surface area contributed by atoms with Gasteiger partial charge in [-0.25, -0.2) is 13.8 Å². The summed E-state index contributed by atoms with van der Waals surface area (Å²) in [6, 6.07) is 10.1. The molecule has 1 aromatic heterocycles. The van der Waals surface area contributed by atoms with Gasteiger partial charge in [-0.3, -0.25) is 4.79 Å². The Morgan fingerprint density at radius 3 is 2.45 bits per heavy atom. The number of benzene rings is 2. The van der Waals surface area contributed by atoms with Gasteiger partial charge in [0.1, 0.15) is 11.4 Å². The molecule has 0 amide bonds. The van der Waals surface area contributed by atoms with Crippen LogP contribution in [-0.4, -0.2) is 4.57 Å². The summed E-state index contributed by atoms with van der Waals surface area (Å²) in [5, 5.41) is 0.305. The fourth-order valence-corrected chi connectivity index (χ4v) is 2.05. The Bertz CT molecular complexity index is 907. The van der Waals surface area contributed by atoms with E-state index in [1.165, 1.54) is 24.3 Å². The van der Waals surface area contributed by atoms with E-state index in [9.17, 15) is 14.0 Å². The number of hydrogen-bond donors (Lipinski definition) is 0. The average molecular weight is 271 g/mol. The van der Waals surface area contributed by atoms with Crippen LogP contribution in [0.3, 0.4) is 0 Å². The minimum Gasteiger partial charge on any atom is -0.409 e. The minimum atomic E-state index is -0.792. The Morgan fingerprint density at radius 1 is 1.05 bits per heavy atom. The molecule has 100 valence electrons. The van der Waals surface area contributed by atoms with Gasteiger partial charge in [0.05, 0.1) is 11.1 Å². The number of fused-ring (bicyclic) bond motifs is 1. The number of aromatic nitrogens is 1. The summed E-state index contributed by atoms with van der Waals surface area (Å²) in [7, 11) is 0. The first kappa shape index (κ1) is 12.3. The minimum absolute atomic E-state index is 0.248. The second-order valence-corrected chi connectivity index (χ2v) is 4.48. The van der Waals surface area contributed by atoms with Crippen LogP contribution < -0.4 is 11.3 Å². The molecular formula is C15H10FNO3. The van der Waals surface area contributed by atoms with E-state index in [2.05, 4.69) is 0 Å². The van der Waals surface area contributed by atoms with Gasteiger partial charge in [-0.1, -0.05) is 6.07 Å². The lowest BCUT2D eigenvalue weighted by Crippen LogP contribution is -2.30. The quantitative estimate of drug-likeness (QED) is 0.683.